The predicted molar refractivity (Wildman–Crippen MR) is 113 cm³/mol. The fraction of sp³-hybridized carbons (Fsp3) is 0.136. The number of ether oxygens (including phenoxy) is 2. The third-order valence-corrected chi connectivity index (χ3v) is 4.30. The van der Waals surface area contributed by atoms with Gasteiger partial charge < -0.3 is 14.8 Å². The number of carbonyl (C=O) groups is 1. The molecule has 3 aromatic carbocycles. The maximum Gasteiger partial charge on any atom is 0.224 e. The van der Waals surface area contributed by atoms with Crippen LogP contribution in [-0.4, -0.2) is 12.5 Å². The van der Waals surface area contributed by atoms with Gasteiger partial charge in [0.05, 0.1) is 12.3 Å². The van der Waals surface area contributed by atoms with E-state index in [0.29, 0.717) is 46.7 Å². The molecule has 0 aliphatic heterocycles. The lowest BCUT2D eigenvalue weighted by Gasteiger charge is -2.13. The van der Waals surface area contributed by atoms with Gasteiger partial charge in [-0.1, -0.05) is 41.4 Å². The molecule has 0 saturated carbocycles. The molecule has 0 aliphatic rings. The summed E-state index contributed by atoms with van der Waals surface area (Å²) in [5.74, 6) is 1.79. The van der Waals surface area contributed by atoms with Crippen LogP contribution in [0.2, 0.25) is 10.0 Å². The number of nitrogens with one attached hydrogen (secondary N) is 1. The van der Waals surface area contributed by atoms with Crippen molar-refractivity contribution in [3.8, 4) is 17.2 Å². The summed E-state index contributed by atoms with van der Waals surface area (Å²) in [6.07, 6.45) is 0.884. The van der Waals surface area contributed by atoms with Gasteiger partial charge in [0.15, 0.2) is 5.75 Å². The molecule has 0 heterocycles. The van der Waals surface area contributed by atoms with Crippen LogP contribution in [0.1, 0.15) is 12.8 Å². The van der Waals surface area contributed by atoms with Gasteiger partial charge in [0.2, 0.25) is 5.91 Å². The summed E-state index contributed by atoms with van der Waals surface area (Å²) in [4.78, 5) is 12.3. The zero-order chi connectivity index (χ0) is 19.8. The molecule has 0 atom stereocenters. The normalized spacial score (nSPS) is 10.4. The van der Waals surface area contributed by atoms with E-state index in [1.54, 1.807) is 42.5 Å². The molecule has 0 radical (unpaired) electrons. The Bertz CT molecular complexity index is 915. The Morgan fingerprint density at radius 1 is 0.857 bits per heavy atom. The molecule has 0 spiro atoms. The van der Waals surface area contributed by atoms with Gasteiger partial charge in [-0.3, -0.25) is 4.79 Å². The maximum absolute atomic E-state index is 12.3. The number of para-hydroxylation sites is 1. The molecule has 0 unspecified atom stereocenters. The van der Waals surface area contributed by atoms with Crippen LogP contribution in [0.5, 0.6) is 17.2 Å². The van der Waals surface area contributed by atoms with Gasteiger partial charge in [0.1, 0.15) is 11.5 Å². The average molecular weight is 416 g/mol. The van der Waals surface area contributed by atoms with E-state index in [9.17, 15) is 4.79 Å². The van der Waals surface area contributed by atoms with Crippen LogP contribution in [0.3, 0.4) is 0 Å². The summed E-state index contributed by atoms with van der Waals surface area (Å²) >= 11 is 11.9. The van der Waals surface area contributed by atoms with Crippen LogP contribution in [0, 0.1) is 0 Å². The third-order valence-electron chi connectivity index (χ3n) is 3.82. The molecule has 28 heavy (non-hydrogen) atoms. The zero-order valence-corrected chi connectivity index (χ0v) is 16.5. The number of halogens is 2. The van der Waals surface area contributed by atoms with Crippen LogP contribution in [0.25, 0.3) is 0 Å². The lowest BCUT2D eigenvalue weighted by atomic mass is 10.2. The third kappa shape index (κ3) is 6.19. The first-order chi connectivity index (χ1) is 13.6. The Balaban J connectivity index is 1.53. The summed E-state index contributed by atoms with van der Waals surface area (Å²) < 4.78 is 11.4. The topological polar surface area (TPSA) is 47.6 Å². The number of carbonyl (C=O) groups excluding carboxylic acids is 1. The second kappa shape index (κ2) is 10.0. The van der Waals surface area contributed by atoms with Crippen molar-refractivity contribution in [1.82, 2.24) is 0 Å². The van der Waals surface area contributed by atoms with Crippen LogP contribution in [-0.2, 0) is 4.79 Å². The minimum absolute atomic E-state index is 0.139. The highest BCUT2D eigenvalue weighted by Gasteiger charge is 2.10. The van der Waals surface area contributed by atoms with Gasteiger partial charge >= 0.3 is 0 Å². The largest absolute Gasteiger partial charge is 0.494 e. The van der Waals surface area contributed by atoms with Crippen molar-refractivity contribution in [1.29, 1.82) is 0 Å². The van der Waals surface area contributed by atoms with E-state index >= 15 is 0 Å². The minimum Gasteiger partial charge on any atom is -0.494 e. The molecular weight excluding hydrogens is 397 g/mol. The number of benzene rings is 3. The lowest BCUT2D eigenvalue weighted by molar-refractivity contribution is -0.116. The van der Waals surface area contributed by atoms with E-state index < -0.39 is 0 Å². The van der Waals surface area contributed by atoms with Gasteiger partial charge in [-0.15, -0.1) is 0 Å². The number of hydrogen-bond acceptors (Lipinski definition) is 3. The van der Waals surface area contributed by atoms with Gasteiger partial charge in [0, 0.05) is 16.5 Å². The molecule has 1 amide bonds. The Kier molecular flexibility index (Phi) is 7.18. The van der Waals surface area contributed by atoms with Crippen molar-refractivity contribution in [2.24, 2.45) is 0 Å². The van der Waals surface area contributed by atoms with Gasteiger partial charge in [-0.25, -0.2) is 0 Å². The highest BCUT2D eigenvalue weighted by molar-refractivity contribution is 6.31. The number of rotatable bonds is 8. The number of hydrogen-bond donors (Lipinski definition) is 1. The molecule has 4 nitrogen and oxygen atoms in total. The van der Waals surface area contributed by atoms with E-state index in [1.165, 1.54) is 0 Å². The highest BCUT2D eigenvalue weighted by atomic mass is 35.5. The van der Waals surface area contributed by atoms with E-state index in [-0.39, 0.29) is 5.91 Å². The molecular formula is C22H19Cl2NO3. The first-order valence-electron chi connectivity index (χ1n) is 8.81. The molecule has 1 N–H and O–H groups in total. The predicted octanol–water partition coefficient (Wildman–Crippen LogP) is 6.58. The molecule has 3 aromatic rings. The molecule has 0 aromatic heterocycles. The van der Waals surface area contributed by atoms with Crippen LogP contribution in [0.4, 0.5) is 5.69 Å². The molecule has 3 rings (SSSR count). The Morgan fingerprint density at radius 2 is 1.57 bits per heavy atom. The van der Waals surface area contributed by atoms with E-state index in [1.807, 2.05) is 30.3 Å². The van der Waals surface area contributed by atoms with E-state index in [4.69, 9.17) is 32.7 Å². The Hall–Kier alpha value is -2.69. The maximum atomic E-state index is 12.3. The molecule has 0 bridgehead atoms. The van der Waals surface area contributed by atoms with E-state index in [2.05, 4.69) is 5.32 Å². The lowest BCUT2D eigenvalue weighted by Crippen LogP contribution is -2.13. The van der Waals surface area contributed by atoms with Gasteiger partial charge in [-0.2, -0.15) is 0 Å². The summed E-state index contributed by atoms with van der Waals surface area (Å²) in [7, 11) is 0. The summed E-state index contributed by atoms with van der Waals surface area (Å²) in [6, 6.07) is 21.6. The summed E-state index contributed by atoms with van der Waals surface area (Å²) in [5, 5.41) is 4.03. The second-order valence-electron chi connectivity index (χ2n) is 6.01. The zero-order valence-electron chi connectivity index (χ0n) is 15.0. The number of amides is 1. The first-order valence-corrected chi connectivity index (χ1v) is 9.56. The number of anilines is 1. The highest BCUT2D eigenvalue weighted by Crippen LogP contribution is 2.32. The fourth-order valence-corrected chi connectivity index (χ4v) is 2.77. The SMILES string of the molecule is O=C(CCCOc1ccc(Cl)cc1)Nc1cc(Cl)ccc1Oc1ccccc1. The van der Waals surface area contributed by atoms with Crippen molar-refractivity contribution in [2.75, 3.05) is 11.9 Å². The van der Waals surface area contributed by atoms with Crippen LogP contribution >= 0.6 is 23.2 Å². The molecule has 0 saturated heterocycles. The van der Waals surface area contributed by atoms with Crippen molar-refractivity contribution < 1.29 is 14.3 Å². The van der Waals surface area contributed by atoms with E-state index in [0.717, 1.165) is 5.75 Å². The quantitative estimate of drug-likeness (QED) is 0.422. The second-order valence-corrected chi connectivity index (χ2v) is 6.88. The van der Waals surface area contributed by atoms with Crippen molar-refractivity contribution >= 4 is 34.8 Å². The van der Waals surface area contributed by atoms with Gasteiger partial charge in [0.25, 0.3) is 0 Å². The average Bonchev–Trinajstić information content (AvgIpc) is 2.69. The minimum atomic E-state index is -0.139. The van der Waals surface area contributed by atoms with Crippen LogP contribution in [0.15, 0.2) is 72.8 Å². The Morgan fingerprint density at radius 3 is 2.32 bits per heavy atom. The molecule has 6 heteroatoms. The molecule has 144 valence electrons. The Labute approximate surface area is 174 Å². The standard InChI is InChI=1S/C22H19Cl2NO3/c23-16-8-11-18(12-9-16)27-14-4-7-22(26)25-20-15-17(24)10-13-21(20)28-19-5-2-1-3-6-19/h1-3,5-6,8-13,15H,4,7,14H2,(H,25,26). The van der Waals surface area contributed by atoms with Crippen molar-refractivity contribution in [3.05, 3.63) is 82.8 Å². The fourth-order valence-electron chi connectivity index (χ4n) is 2.47. The van der Waals surface area contributed by atoms with Gasteiger partial charge in [-0.05, 0) is 61.0 Å². The smallest absolute Gasteiger partial charge is 0.224 e. The summed E-state index contributed by atoms with van der Waals surface area (Å²) in [5.41, 5.74) is 0.528. The van der Waals surface area contributed by atoms with Crippen molar-refractivity contribution in [2.45, 2.75) is 12.8 Å². The van der Waals surface area contributed by atoms with Crippen LogP contribution < -0.4 is 14.8 Å². The first kappa shape index (κ1) is 20.1. The van der Waals surface area contributed by atoms with Crippen molar-refractivity contribution in [3.63, 3.8) is 0 Å². The molecule has 0 aliphatic carbocycles. The summed E-state index contributed by atoms with van der Waals surface area (Å²) in [6.45, 7) is 0.429. The molecule has 0 fully saturated rings. The monoisotopic (exact) mass is 415 g/mol.